The third-order valence-corrected chi connectivity index (χ3v) is 6.57. The summed E-state index contributed by atoms with van der Waals surface area (Å²) in [5.41, 5.74) is 0.995. The topological polar surface area (TPSA) is 61.8 Å². The van der Waals surface area contributed by atoms with Crippen molar-refractivity contribution < 1.29 is 8.42 Å². The minimum Gasteiger partial charge on any atom is -0.357 e. The fourth-order valence-corrected chi connectivity index (χ4v) is 3.14. The lowest BCUT2D eigenvalue weighted by atomic mass is 10.2. The van der Waals surface area contributed by atoms with Gasteiger partial charge in [0.1, 0.15) is 0 Å². The molecule has 0 heterocycles. The zero-order valence-corrected chi connectivity index (χ0v) is 19.4. The zero-order valence-electron chi connectivity index (χ0n) is 15.5. The van der Waals surface area contributed by atoms with E-state index in [1.807, 2.05) is 43.1 Å². The van der Waals surface area contributed by atoms with Gasteiger partial charge in [0.25, 0.3) is 0 Å². The van der Waals surface area contributed by atoms with Gasteiger partial charge >= 0.3 is 0 Å². The van der Waals surface area contributed by atoms with Crippen molar-refractivity contribution in [2.75, 3.05) is 25.9 Å². The summed E-state index contributed by atoms with van der Waals surface area (Å²) in [5, 5.41) is 3.89. The molecule has 0 aliphatic carbocycles. The molecule has 0 saturated carbocycles. The lowest BCUT2D eigenvalue weighted by molar-refractivity contribution is 0.477. The average molecular weight is 502 g/mol. The number of sulfone groups is 1. The third kappa shape index (κ3) is 7.70. The van der Waals surface area contributed by atoms with Gasteiger partial charge in [-0.15, -0.1) is 24.0 Å². The fraction of sp³-hybridized carbons (Fsp3) is 0.588. The first kappa shape index (κ1) is 24.5. The molecule has 144 valence electrons. The standard InChI is InChI=1S/C17H28ClN3O2S.HI/c1-6-19-16(20-11-12-24(22,23)17(2,3)4)21(5)13-14-9-7-8-10-15(14)18;/h7-10H,6,11-13H2,1-5H3,(H,19,20);1H. The number of nitrogens with zero attached hydrogens (tertiary/aromatic N) is 2. The molecular formula is C17H29ClIN3O2S. The van der Waals surface area contributed by atoms with E-state index >= 15 is 0 Å². The molecule has 0 spiro atoms. The van der Waals surface area contributed by atoms with Crippen LogP contribution in [0.15, 0.2) is 29.3 Å². The van der Waals surface area contributed by atoms with E-state index in [0.717, 1.165) is 5.56 Å². The van der Waals surface area contributed by atoms with E-state index in [-0.39, 0.29) is 36.3 Å². The predicted octanol–water partition coefficient (Wildman–Crippen LogP) is 3.57. The van der Waals surface area contributed by atoms with Crippen molar-refractivity contribution >= 4 is 51.4 Å². The van der Waals surface area contributed by atoms with Gasteiger partial charge in [-0.05, 0) is 39.3 Å². The molecule has 0 amide bonds. The molecule has 25 heavy (non-hydrogen) atoms. The molecule has 1 N–H and O–H groups in total. The Labute approximate surface area is 174 Å². The Morgan fingerprint density at radius 3 is 2.40 bits per heavy atom. The number of rotatable bonds is 6. The number of hydrogen-bond donors (Lipinski definition) is 1. The van der Waals surface area contributed by atoms with E-state index < -0.39 is 14.6 Å². The van der Waals surface area contributed by atoms with Crippen LogP contribution in [0.2, 0.25) is 5.02 Å². The molecule has 1 aromatic rings. The molecule has 0 bridgehead atoms. The quantitative estimate of drug-likeness (QED) is 0.368. The zero-order chi connectivity index (χ0) is 18.4. The number of hydrogen-bond acceptors (Lipinski definition) is 3. The SMILES string of the molecule is CCNC(=NCCS(=O)(=O)C(C)(C)C)N(C)Cc1ccccc1Cl.I. The maximum atomic E-state index is 12.2. The van der Waals surface area contributed by atoms with Crippen molar-refractivity contribution in [3.8, 4) is 0 Å². The van der Waals surface area contributed by atoms with Gasteiger partial charge in [-0.2, -0.15) is 0 Å². The van der Waals surface area contributed by atoms with Crippen LogP contribution < -0.4 is 5.32 Å². The summed E-state index contributed by atoms with van der Waals surface area (Å²) < 4.78 is 23.6. The first-order chi connectivity index (χ1) is 11.1. The lowest BCUT2D eigenvalue weighted by Gasteiger charge is -2.23. The molecule has 0 aliphatic rings. The van der Waals surface area contributed by atoms with Crippen molar-refractivity contribution in [1.29, 1.82) is 0 Å². The van der Waals surface area contributed by atoms with Gasteiger partial charge in [-0.3, -0.25) is 4.99 Å². The van der Waals surface area contributed by atoms with E-state index in [0.29, 0.717) is 24.1 Å². The molecule has 1 aromatic carbocycles. The Hall–Kier alpha value is -0.540. The summed E-state index contributed by atoms with van der Waals surface area (Å²) >= 11 is 6.20. The maximum Gasteiger partial charge on any atom is 0.193 e. The molecular weight excluding hydrogens is 473 g/mol. The molecule has 0 aromatic heterocycles. The van der Waals surface area contributed by atoms with E-state index in [9.17, 15) is 8.42 Å². The largest absolute Gasteiger partial charge is 0.357 e. The fourth-order valence-electron chi connectivity index (χ4n) is 2.00. The van der Waals surface area contributed by atoms with Crippen LogP contribution in [-0.4, -0.2) is 49.9 Å². The van der Waals surface area contributed by atoms with Gasteiger partial charge in [-0.1, -0.05) is 29.8 Å². The molecule has 0 atom stereocenters. The number of nitrogens with one attached hydrogen (secondary N) is 1. The van der Waals surface area contributed by atoms with Crippen molar-refractivity contribution in [1.82, 2.24) is 10.2 Å². The minimum absolute atomic E-state index is 0. The van der Waals surface area contributed by atoms with Gasteiger partial charge < -0.3 is 10.2 Å². The van der Waals surface area contributed by atoms with E-state index in [2.05, 4.69) is 10.3 Å². The predicted molar refractivity (Wildman–Crippen MR) is 118 cm³/mol. The summed E-state index contributed by atoms with van der Waals surface area (Å²) in [6, 6.07) is 7.65. The lowest BCUT2D eigenvalue weighted by Crippen LogP contribution is -2.39. The van der Waals surface area contributed by atoms with Gasteiger partial charge in [0.2, 0.25) is 0 Å². The van der Waals surface area contributed by atoms with E-state index in [1.165, 1.54) is 0 Å². The van der Waals surface area contributed by atoms with Gasteiger partial charge in [0.15, 0.2) is 15.8 Å². The summed E-state index contributed by atoms with van der Waals surface area (Å²) in [7, 11) is -1.27. The van der Waals surface area contributed by atoms with Crippen LogP contribution in [0, 0.1) is 0 Å². The third-order valence-electron chi connectivity index (χ3n) is 3.62. The summed E-state index contributed by atoms with van der Waals surface area (Å²) in [4.78, 5) is 6.39. The van der Waals surface area contributed by atoms with Gasteiger partial charge in [-0.25, -0.2) is 8.42 Å². The highest BCUT2D eigenvalue weighted by atomic mass is 127. The highest BCUT2D eigenvalue weighted by molar-refractivity contribution is 14.0. The normalized spacial score (nSPS) is 12.5. The molecule has 5 nitrogen and oxygen atoms in total. The highest BCUT2D eigenvalue weighted by Gasteiger charge is 2.28. The van der Waals surface area contributed by atoms with Crippen molar-refractivity contribution in [2.45, 2.75) is 39.0 Å². The van der Waals surface area contributed by atoms with Crippen LogP contribution in [0.1, 0.15) is 33.3 Å². The first-order valence-corrected chi connectivity index (χ1v) is 10.1. The monoisotopic (exact) mass is 501 g/mol. The Morgan fingerprint density at radius 1 is 1.28 bits per heavy atom. The Balaban J connectivity index is 0.00000576. The smallest absolute Gasteiger partial charge is 0.193 e. The molecule has 0 unspecified atom stereocenters. The molecule has 8 heteroatoms. The Morgan fingerprint density at radius 2 is 1.88 bits per heavy atom. The summed E-state index contributed by atoms with van der Waals surface area (Å²) in [6.07, 6.45) is 0. The van der Waals surface area contributed by atoms with Gasteiger partial charge in [0.05, 0.1) is 17.0 Å². The number of guanidine groups is 1. The van der Waals surface area contributed by atoms with Gasteiger partial charge in [0, 0.05) is 25.2 Å². The number of benzene rings is 1. The second-order valence-corrected chi connectivity index (χ2v) is 9.88. The second kappa shape index (κ2) is 10.6. The Bertz CT molecular complexity index is 673. The van der Waals surface area contributed by atoms with Crippen molar-refractivity contribution in [3.63, 3.8) is 0 Å². The van der Waals surface area contributed by atoms with Crippen LogP contribution >= 0.6 is 35.6 Å². The minimum atomic E-state index is -3.17. The Kier molecular flexibility index (Phi) is 10.3. The van der Waals surface area contributed by atoms with Crippen LogP contribution in [0.5, 0.6) is 0 Å². The van der Waals surface area contributed by atoms with E-state index in [4.69, 9.17) is 11.6 Å². The summed E-state index contributed by atoms with van der Waals surface area (Å²) in [6.45, 7) is 8.64. The van der Waals surface area contributed by atoms with E-state index in [1.54, 1.807) is 20.8 Å². The van der Waals surface area contributed by atoms with Crippen molar-refractivity contribution in [2.24, 2.45) is 4.99 Å². The van der Waals surface area contributed by atoms with Crippen LogP contribution in [0.4, 0.5) is 0 Å². The maximum absolute atomic E-state index is 12.2. The first-order valence-electron chi connectivity index (χ1n) is 8.03. The summed E-state index contributed by atoms with van der Waals surface area (Å²) in [5.74, 6) is 0.701. The molecule has 0 aliphatic heterocycles. The van der Waals surface area contributed by atoms with Crippen molar-refractivity contribution in [3.05, 3.63) is 34.9 Å². The molecule has 1 rings (SSSR count). The number of halogens is 2. The highest BCUT2D eigenvalue weighted by Crippen LogP contribution is 2.17. The molecule has 0 radical (unpaired) electrons. The van der Waals surface area contributed by atoms with Crippen LogP contribution in [0.3, 0.4) is 0 Å². The molecule has 0 saturated heterocycles. The van der Waals surface area contributed by atoms with Crippen LogP contribution in [0.25, 0.3) is 0 Å². The second-order valence-electron chi connectivity index (χ2n) is 6.61. The average Bonchev–Trinajstić information content (AvgIpc) is 2.47. The molecule has 0 fully saturated rings. The number of aliphatic imine (C=N–C) groups is 1. The van der Waals surface area contributed by atoms with Crippen LogP contribution in [-0.2, 0) is 16.4 Å².